The Morgan fingerprint density at radius 3 is 2.76 bits per heavy atom. The van der Waals surface area contributed by atoms with E-state index < -0.39 is 5.91 Å². The van der Waals surface area contributed by atoms with Crippen LogP contribution in [0.1, 0.15) is 15.9 Å². The van der Waals surface area contributed by atoms with Gasteiger partial charge >= 0.3 is 0 Å². The Hall–Kier alpha value is -2.50. The van der Waals surface area contributed by atoms with Crippen LogP contribution in [0, 0.1) is 0 Å². The SMILES string of the molecule is NC(=O)c1cncnc1NCc1ccncc1. The van der Waals surface area contributed by atoms with E-state index in [0.717, 1.165) is 5.56 Å². The third kappa shape index (κ3) is 2.75. The molecule has 86 valence electrons. The maximum atomic E-state index is 11.1. The first kappa shape index (κ1) is 11.0. The summed E-state index contributed by atoms with van der Waals surface area (Å²) in [5.74, 6) is -0.118. The van der Waals surface area contributed by atoms with Crippen LogP contribution in [0.5, 0.6) is 0 Å². The van der Waals surface area contributed by atoms with E-state index in [1.165, 1.54) is 12.5 Å². The Labute approximate surface area is 97.9 Å². The molecule has 0 saturated heterocycles. The number of nitrogens with two attached hydrogens (primary N) is 1. The van der Waals surface area contributed by atoms with Crippen molar-refractivity contribution in [3.05, 3.63) is 48.2 Å². The van der Waals surface area contributed by atoms with Crippen molar-refractivity contribution in [2.75, 3.05) is 5.32 Å². The molecule has 6 heteroatoms. The van der Waals surface area contributed by atoms with E-state index in [2.05, 4.69) is 20.3 Å². The summed E-state index contributed by atoms with van der Waals surface area (Å²) in [5.41, 5.74) is 6.53. The molecule has 0 saturated carbocycles. The van der Waals surface area contributed by atoms with Gasteiger partial charge in [-0.05, 0) is 17.7 Å². The van der Waals surface area contributed by atoms with Crippen molar-refractivity contribution in [2.45, 2.75) is 6.54 Å². The number of carbonyl (C=O) groups is 1. The molecule has 0 aliphatic heterocycles. The van der Waals surface area contributed by atoms with Gasteiger partial charge in [-0.2, -0.15) is 0 Å². The largest absolute Gasteiger partial charge is 0.365 e. The zero-order valence-corrected chi connectivity index (χ0v) is 9.00. The number of nitrogens with one attached hydrogen (secondary N) is 1. The van der Waals surface area contributed by atoms with E-state index in [0.29, 0.717) is 12.4 Å². The van der Waals surface area contributed by atoms with Crippen molar-refractivity contribution in [1.82, 2.24) is 15.0 Å². The average molecular weight is 229 g/mol. The lowest BCUT2D eigenvalue weighted by atomic mass is 10.2. The van der Waals surface area contributed by atoms with Gasteiger partial charge in [-0.15, -0.1) is 0 Å². The van der Waals surface area contributed by atoms with Crippen molar-refractivity contribution >= 4 is 11.7 Å². The Morgan fingerprint density at radius 1 is 1.29 bits per heavy atom. The van der Waals surface area contributed by atoms with Gasteiger partial charge in [0.2, 0.25) is 0 Å². The molecule has 2 rings (SSSR count). The van der Waals surface area contributed by atoms with Gasteiger partial charge in [-0.3, -0.25) is 9.78 Å². The second-order valence-corrected chi connectivity index (χ2v) is 3.36. The van der Waals surface area contributed by atoms with Crippen molar-refractivity contribution in [3.8, 4) is 0 Å². The number of primary amides is 1. The Kier molecular flexibility index (Phi) is 3.25. The molecule has 1 amide bonds. The fourth-order valence-electron chi connectivity index (χ4n) is 1.34. The van der Waals surface area contributed by atoms with E-state index in [1.807, 2.05) is 12.1 Å². The molecule has 2 aromatic heterocycles. The number of nitrogens with zero attached hydrogens (tertiary/aromatic N) is 3. The summed E-state index contributed by atoms with van der Waals surface area (Å²) in [6, 6.07) is 3.75. The van der Waals surface area contributed by atoms with Crippen molar-refractivity contribution in [1.29, 1.82) is 0 Å². The molecule has 0 unspecified atom stereocenters. The molecule has 2 aromatic rings. The Balaban J connectivity index is 2.12. The molecular weight excluding hydrogens is 218 g/mol. The van der Waals surface area contributed by atoms with Gasteiger partial charge in [0.25, 0.3) is 5.91 Å². The van der Waals surface area contributed by atoms with E-state index in [1.54, 1.807) is 12.4 Å². The summed E-state index contributed by atoms with van der Waals surface area (Å²) in [5, 5.41) is 3.03. The summed E-state index contributed by atoms with van der Waals surface area (Å²) < 4.78 is 0. The molecule has 0 atom stereocenters. The number of rotatable bonds is 4. The van der Waals surface area contributed by atoms with Crippen LogP contribution in [-0.2, 0) is 6.54 Å². The standard InChI is InChI=1S/C11H11N5O/c12-10(17)9-6-14-7-16-11(9)15-5-8-1-3-13-4-2-8/h1-4,6-7H,5H2,(H2,12,17)(H,14,15,16). The van der Waals surface area contributed by atoms with Crippen LogP contribution in [0.3, 0.4) is 0 Å². The second kappa shape index (κ2) is 5.02. The highest BCUT2D eigenvalue weighted by atomic mass is 16.1. The summed E-state index contributed by atoms with van der Waals surface area (Å²) in [4.78, 5) is 22.8. The topological polar surface area (TPSA) is 93.8 Å². The molecule has 17 heavy (non-hydrogen) atoms. The van der Waals surface area contributed by atoms with Crippen LogP contribution in [0.25, 0.3) is 0 Å². The summed E-state index contributed by atoms with van der Waals surface area (Å²) in [6.07, 6.45) is 6.16. The number of carbonyl (C=O) groups excluding carboxylic acids is 1. The number of aromatic nitrogens is 3. The minimum Gasteiger partial charge on any atom is -0.365 e. The smallest absolute Gasteiger partial charge is 0.254 e. The van der Waals surface area contributed by atoms with Gasteiger partial charge in [-0.1, -0.05) is 0 Å². The molecule has 2 heterocycles. The lowest BCUT2D eigenvalue weighted by molar-refractivity contribution is 0.100. The Morgan fingerprint density at radius 2 is 2.06 bits per heavy atom. The zero-order chi connectivity index (χ0) is 12.1. The summed E-state index contributed by atoms with van der Waals surface area (Å²) in [7, 11) is 0. The minimum absolute atomic E-state index is 0.279. The highest BCUT2D eigenvalue weighted by Crippen LogP contribution is 2.10. The summed E-state index contributed by atoms with van der Waals surface area (Å²) in [6.45, 7) is 0.541. The molecule has 6 nitrogen and oxygen atoms in total. The first-order chi connectivity index (χ1) is 8.27. The predicted molar refractivity (Wildman–Crippen MR) is 62.1 cm³/mol. The molecular formula is C11H11N5O. The van der Waals surface area contributed by atoms with Gasteiger partial charge in [-0.25, -0.2) is 9.97 Å². The molecule has 0 radical (unpaired) electrons. The van der Waals surface area contributed by atoms with Gasteiger partial charge < -0.3 is 11.1 Å². The lowest BCUT2D eigenvalue weighted by Crippen LogP contribution is -2.15. The Bertz CT molecular complexity index is 514. The molecule has 0 fully saturated rings. The third-order valence-electron chi connectivity index (χ3n) is 2.19. The fraction of sp³-hybridized carbons (Fsp3) is 0.0909. The third-order valence-corrected chi connectivity index (χ3v) is 2.19. The maximum Gasteiger partial charge on any atom is 0.254 e. The van der Waals surface area contributed by atoms with Crippen LogP contribution in [-0.4, -0.2) is 20.9 Å². The first-order valence-electron chi connectivity index (χ1n) is 5.00. The molecule has 0 aromatic carbocycles. The zero-order valence-electron chi connectivity index (χ0n) is 9.00. The van der Waals surface area contributed by atoms with Gasteiger partial charge in [0, 0.05) is 25.1 Å². The number of pyridine rings is 1. The van der Waals surface area contributed by atoms with Crippen LogP contribution >= 0.6 is 0 Å². The van der Waals surface area contributed by atoms with Crippen LogP contribution in [0.4, 0.5) is 5.82 Å². The van der Waals surface area contributed by atoms with Gasteiger partial charge in [0.05, 0.1) is 5.56 Å². The maximum absolute atomic E-state index is 11.1. The van der Waals surface area contributed by atoms with Crippen LogP contribution < -0.4 is 11.1 Å². The monoisotopic (exact) mass is 229 g/mol. The summed E-state index contributed by atoms with van der Waals surface area (Å²) >= 11 is 0. The number of amides is 1. The molecule has 0 aliphatic carbocycles. The first-order valence-corrected chi connectivity index (χ1v) is 5.00. The highest BCUT2D eigenvalue weighted by Gasteiger charge is 2.08. The molecule has 0 bridgehead atoms. The second-order valence-electron chi connectivity index (χ2n) is 3.36. The highest BCUT2D eigenvalue weighted by molar-refractivity contribution is 5.97. The van der Waals surface area contributed by atoms with E-state index in [4.69, 9.17) is 5.73 Å². The van der Waals surface area contributed by atoms with E-state index in [-0.39, 0.29) is 5.56 Å². The van der Waals surface area contributed by atoms with Crippen molar-refractivity contribution < 1.29 is 4.79 Å². The average Bonchev–Trinajstić information content (AvgIpc) is 2.38. The number of hydrogen-bond acceptors (Lipinski definition) is 5. The van der Waals surface area contributed by atoms with E-state index in [9.17, 15) is 4.79 Å². The number of anilines is 1. The predicted octanol–water partition coefficient (Wildman–Crippen LogP) is 0.583. The van der Waals surface area contributed by atoms with Gasteiger partial charge in [0.15, 0.2) is 0 Å². The van der Waals surface area contributed by atoms with Crippen molar-refractivity contribution in [2.24, 2.45) is 5.73 Å². The molecule has 3 N–H and O–H groups in total. The van der Waals surface area contributed by atoms with Crippen molar-refractivity contribution in [3.63, 3.8) is 0 Å². The normalized spacial score (nSPS) is 9.88. The van der Waals surface area contributed by atoms with Gasteiger partial charge in [0.1, 0.15) is 12.1 Å². The minimum atomic E-state index is -0.553. The molecule has 0 spiro atoms. The quantitative estimate of drug-likeness (QED) is 0.799. The lowest BCUT2D eigenvalue weighted by Gasteiger charge is -2.07. The number of hydrogen-bond donors (Lipinski definition) is 2. The van der Waals surface area contributed by atoms with Crippen LogP contribution in [0.15, 0.2) is 37.1 Å². The van der Waals surface area contributed by atoms with E-state index >= 15 is 0 Å². The molecule has 0 aliphatic rings. The fourth-order valence-corrected chi connectivity index (χ4v) is 1.34. The van der Waals surface area contributed by atoms with Crippen LogP contribution in [0.2, 0.25) is 0 Å².